The van der Waals surface area contributed by atoms with Gasteiger partial charge in [0.05, 0.1) is 13.2 Å². The minimum absolute atomic E-state index is 0.704. The number of nitrogens with two attached hydrogens (primary N) is 1. The van der Waals surface area contributed by atoms with Crippen molar-refractivity contribution in [3.8, 4) is 0 Å². The molecule has 1 aliphatic rings. The quantitative estimate of drug-likeness (QED) is 0.0760. The van der Waals surface area contributed by atoms with E-state index in [1.54, 1.807) is 0 Å². The highest BCUT2D eigenvalue weighted by Gasteiger charge is 2.45. The molecular weight excluding hydrogens is 596 g/mol. The molecule has 21 nitrogen and oxygen atoms in total. The molecule has 1 fully saturated rings. The van der Waals surface area contributed by atoms with Crippen molar-refractivity contribution >= 4 is 27.2 Å². The number of carbonyl (C=O) groups is 2. The lowest BCUT2D eigenvalue weighted by atomic mass is 9.97. The maximum Gasteiger partial charge on any atom is 0.481 e. The summed E-state index contributed by atoms with van der Waals surface area (Å²) in [5.41, 5.74) is 3.54. The lowest BCUT2D eigenvalue weighted by molar-refractivity contribution is -0.141. The molecule has 0 aromatic carbocycles. The van der Waals surface area contributed by atoms with Gasteiger partial charge in [-0.3, -0.25) is 28.5 Å². The Bertz CT molecular complexity index is 1230. The van der Waals surface area contributed by atoms with Crippen LogP contribution < -0.4 is 17.0 Å². The van der Waals surface area contributed by atoms with Crippen LogP contribution in [-0.2, 0) is 32.3 Å². The van der Waals surface area contributed by atoms with Gasteiger partial charge in [0.15, 0.2) is 12.0 Å². The lowest BCUT2D eigenvalue weighted by Crippen LogP contribution is -2.54. The molecule has 0 amide bonds. The van der Waals surface area contributed by atoms with E-state index in [0.717, 1.165) is 23.8 Å². The van der Waals surface area contributed by atoms with Gasteiger partial charge in [0, 0.05) is 19.2 Å². The van der Waals surface area contributed by atoms with Crippen LogP contribution >= 0.6 is 15.6 Å². The van der Waals surface area contributed by atoms with Gasteiger partial charge < -0.3 is 55.8 Å². The molecule has 1 saturated heterocycles. The topological polar surface area (TPSA) is 359 Å². The van der Waals surface area contributed by atoms with Crippen molar-refractivity contribution in [1.29, 1.82) is 0 Å². The molecule has 1 aliphatic heterocycles. The second-order valence-electron chi connectivity index (χ2n) is 8.08. The number of aromatic amines is 1. The Morgan fingerprint density at radius 2 is 1.70 bits per heavy atom. The lowest BCUT2D eigenvalue weighted by Gasteiger charge is -2.24. The number of Topliss-reactive ketones (excluding diaryl/α,β-unsaturated/α-hetero) is 2. The minimum Gasteiger partial charge on any atom is -0.394 e. The van der Waals surface area contributed by atoms with E-state index in [2.05, 4.69) is 8.83 Å². The van der Waals surface area contributed by atoms with Crippen molar-refractivity contribution in [3.05, 3.63) is 33.1 Å². The molecule has 1 unspecified atom stereocenters. The molecule has 0 saturated carbocycles. The monoisotopic (exact) mass is 625 g/mol. The van der Waals surface area contributed by atoms with Crippen molar-refractivity contribution in [3.63, 3.8) is 0 Å². The Labute approximate surface area is 222 Å². The van der Waals surface area contributed by atoms with Crippen LogP contribution in [0.5, 0.6) is 0 Å². The number of hydrogen-bond acceptors (Lipinski definition) is 16. The Morgan fingerprint density at radius 1 is 1.12 bits per heavy atom. The number of aliphatic hydroxyl groups is 6. The first kappa shape index (κ1) is 36.0. The van der Waals surface area contributed by atoms with Crippen LogP contribution in [-0.4, -0.2) is 122 Å². The predicted molar refractivity (Wildman–Crippen MR) is 125 cm³/mol. The van der Waals surface area contributed by atoms with Gasteiger partial charge in [-0.2, -0.15) is 4.31 Å². The molecule has 0 bridgehead atoms. The number of phosphoric ester groups is 1. The largest absolute Gasteiger partial charge is 0.481 e. The zero-order valence-corrected chi connectivity index (χ0v) is 22.1. The summed E-state index contributed by atoms with van der Waals surface area (Å²) in [6.45, 7) is -0.719. The molecule has 1 aromatic heterocycles. The van der Waals surface area contributed by atoms with E-state index in [1.165, 1.54) is 0 Å². The SMILES string of the molecule is CC(=O)C(=O)[C@H](N)[C@@H](O)[C@H](O)[C@H](O)CO.O=c1ccn([C@@H]2O[C@H](COP(=O)(O)OP(=O)(O)O)[C@@H](O)[C@H]2O)c(=O)[nH]1. The van der Waals surface area contributed by atoms with Crippen molar-refractivity contribution in [2.24, 2.45) is 5.73 Å². The number of carbonyl (C=O) groups excluding carboxylic acids is 2. The van der Waals surface area contributed by atoms with Crippen molar-refractivity contribution in [2.75, 3.05) is 13.2 Å². The van der Waals surface area contributed by atoms with Gasteiger partial charge in [-0.25, -0.2) is 13.9 Å². The maximum atomic E-state index is 11.7. The predicted octanol–water partition coefficient (Wildman–Crippen LogP) is -6.07. The van der Waals surface area contributed by atoms with Crippen LogP contribution in [0.3, 0.4) is 0 Å². The molecule has 230 valence electrons. The van der Waals surface area contributed by atoms with Gasteiger partial charge in [0.1, 0.15) is 42.7 Å². The standard InChI is InChI=1S/C9H14N2O12P2.C8H15NO6/c12-5-1-2-11(9(15)10-5)8-7(14)6(13)4(22-8)3-21-25(19,20)23-24(16,17)18;1-3(11)6(13)5(9)8(15)7(14)4(12)2-10/h1-2,4,6-8,13-14H,3H2,(H,19,20)(H,10,12,15)(H2,16,17,18);4-5,7-8,10,12,14-15H,2,9H2,1H3/t4-,6-,7-,8-;4-,5+,7-,8-/m11/s1. The minimum atomic E-state index is -5.32. The van der Waals surface area contributed by atoms with E-state index in [0.29, 0.717) is 0 Å². The highest BCUT2D eigenvalue weighted by Crippen LogP contribution is 2.57. The third-order valence-electron chi connectivity index (χ3n) is 5.02. The fourth-order valence-corrected chi connectivity index (χ4v) is 4.59. The fourth-order valence-electron chi connectivity index (χ4n) is 2.99. The van der Waals surface area contributed by atoms with E-state index in [4.69, 9.17) is 35.4 Å². The number of rotatable bonds is 12. The van der Waals surface area contributed by atoms with Gasteiger partial charge in [-0.15, -0.1) is 0 Å². The van der Waals surface area contributed by atoms with Crippen molar-refractivity contribution in [2.45, 2.75) is 55.8 Å². The van der Waals surface area contributed by atoms with E-state index < -0.39 is 101 Å². The smallest absolute Gasteiger partial charge is 0.394 e. The first-order valence-electron chi connectivity index (χ1n) is 10.7. The first-order valence-corrected chi connectivity index (χ1v) is 13.8. The van der Waals surface area contributed by atoms with Crippen LogP contribution in [0.4, 0.5) is 0 Å². The molecule has 9 atom stereocenters. The van der Waals surface area contributed by atoms with Gasteiger partial charge in [-0.05, 0) is 0 Å². The number of H-pyrrole nitrogens is 1. The third kappa shape index (κ3) is 10.4. The number of ether oxygens (including phenoxy) is 1. The van der Waals surface area contributed by atoms with Crippen LogP contribution in [0, 0.1) is 0 Å². The van der Waals surface area contributed by atoms with E-state index in [9.17, 15) is 48.7 Å². The fraction of sp³-hybridized carbons (Fsp3) is 0.647. The summed E-state index contributed by atoms with van der Waals surface area (Å²) in [4.78, 5) is 72.3. The molecule has 0 aliphatic carbocycles. The van der Waals surface area contributed by atoms with Gasteiger partial charge in [0.25, 0.3) is 5.56 Å². The van der Waals surface area contributed by atoms with Crippen LogP contribution in [0.1, 0.15) is 13.2 Å². The normalized spacial score (nSPS) is 25.6. The summed E-state index contributed by atoms with van der Waals surface area (Å²) in [7, 11) is -10.5. The molecule has 12 N–H and O–H groups in total. The average Bonchev–Trinajstić information content (AvgIpc) is 3.12. The highest BCUT2D eigenvalue weighted by molar-refractivity contribution is 7.60. The number of aromatic nitrogens is 2. The Kier molecular flexibility index (Phi) is 13.3. The van der Waals surface area contributed by atoms with Crippen LogP contribution in [0.2, 0.25) is 0 Å². The molecule has 1 aromatic rings. The molecular formula is C17H29N3O18P2. The Hall–Kier alpha value is -2.04. The Morgan fingerprint density at radius 3 is 2.17 bits per heavy atom. The zero-order chi connectivity index (χ0) is 31.2. The summed E-state index contributed by atoms with van der Waals surface area (Å²) in [5.74, 6) is -1.90. The third-order valence-corrected chi connectivity index (χ3v) is 7.17. The number of ketones is 2. The molecule has 0 spiro atoms. The number of nitrogens with one attached hydrogen (secondary N) is 1. The summed E-state index contributed by atoms with van der Waals surface area (Å²) in [6.07, 6.45) is -10.5. The molecule has 0 radical (unpaired) electrons. The molecule has 2 rings (SSSR count). The van der Waals surface area contributed by atoms with E-state index in [-0.39, 0.29) is 0 Å². The van der Waals surface area contributed by atoms with Crippen molar-refractivity contribution < 1.29 is 77.6 Å². The highest BCUT2D eigenvalue weighted by atomic mass is 31.3. The second kappa shape index (κ2) is 14.7. The molecule has 23 heteroatoms. The number of aliphatic hydroxyl groups excluding tert-OH is 6. The Balaban J connectivity index is 0.000000459. The number of phosphoric acid groups is 2. The molecule has 2 heterocycles. The van der Waals surface area contributed by atoms with Gasteiger partial charge >= 0.3 is 21.3 Å². The van der Waals surface area contributed by atoms with Crippen molar-refractivity contribution in [1.82, 2.24) is 9.55 Å². The van der Waals surface area contributed by atoms with Crippen LogP contribution in [0.15, 0.2) is 21.9 Å². The summed E-state index contributed by atoms with van der Waals surface area (Å²) < 4.78 is 35.6. The molecule has 40 heavy (non-hydrogen) atoms. The average molecular weight is 625 g/mol. The van der Waals surface area contributed by atoms with E-state index >= 15 is 0 Å². The van der Waals surface area contributed by atoms with Gasteiger partial charge in [-0.1, -0.05) is 0 Å². The summed E-state index contributed by atoms with van der Waals surface area (Å²) in [5, 5.41) is 55.7. The summed E-state index contributed by atoms with van der Waals surface area (Å²) in [6, 6.07) is -0.651. The number of hydrogen-bond donors (Lipinski definition) is 11. The second-order valence-corrected chi connectivity index (χ2v) is 10.9. The van der Waals surface area contributed by atoms with E-state index in [1.807, 2.05) is 4.98 Å². The van der Waals surface area contributed by atoms with Gasteiger partial charge in [0.2, 0.25) is 5.78 Å². The maximum absolute atomic E-state index is 11.7. The number of nitrogens with zero attached hydrogens (tertiary/aromatic N) is 1. The summed E-state index contributed by atoms with van der Waals surface area (Å²) >= 11 is 0. The first-order chi connectivity index (χ1) is 18.2. The van der Waals surface area contributed by atoms with Crippen LogP contribution in [0.25, 0.3) is 0 Å². The zero-order valence-electron chi connectivity index (χ0n) is 20.3.